The van der Waals surface area contributed by atoms with Crippen LogP contribution in [0.3, 0.4) is 0 Å². The molecule has 0 aromatic heterocycles. The zero-order valence-corrected chi connectivity index (χ0v) is 7.21. The first-order valence-electron chi connectivity index (χ1n) is 4.31. The van der Waals surface area contributed by atoms with Crippen LogP contribution in [-0.4, -0.2) is 6.43 Å². The van der Waals surface area contributed by atoms with Gasteiger partial charge in [-0.2, -0.15) is 0 Å². The van der Waals surface area contributed by atoms with Gasteiger partial charge >= 0.3 is 0 Å². The average molecular weight is 172 g/mol. The fourth-order valence-corrected chi connectivity index (χ4v) is 1.46. The maximum Gasteiger partial charge on any atom is 0.239 e. The van der Waals surface area contributed by atoms with Crippen molar-refractivity contribution < 1.29 is 8.78 Å². The van der Waals surface area contributed by atoms with Gasteiger partial charge in [-0.3, -0.25) is 0 Å². The summed E-state index contributed by atoms with van der Waals surface area (Å²) in [6, 6.07) is 0. The first-order chi connectivity index (χ1) is 5.70. The molecule has 0 saturated heterocycles. The predicted octanol–water partition coefficient (Wildman–Crippen LogP) is 3.41. The largest absolute Gasteiger partial charge is 0.239 e. The first kappa shape index (κ1) is 9.43. The summed E-state index contributed by atoms with van der Waals surface area (Å²) in [5.41, 5.74) is 0. The van der Waals surface area contributed by atoms with Gasteiger partial charge in [0.25, 0.3) is 0 Å². The Hall–Kier alpha value is -0.660. The van der Waals surface area contributed by atoms with E-state index in [-0.39, 0.29) is 12.3 Å². The van der Waals surface area contributed by atoms with E-state index < -0.39 is 6.43 Å². The van der Waals surface area contributed by atoms with E-state index in [9.17, 15) is 8.78 Å². The molecule has 1 aliphatic rings. The molecule has 2 atom stereocenters. The van der Waals surface area contributed by atoms with Crippen molar-refractivity contribution in [1.29, 1.82) is 0 Å². The van der Waals surface area contributed by atoms with Crippen LogP contribution in [0.2, 0.25) is 0 Å². The minimum atomic E-state index is -2.18. The predicted molar refractivity (Wildman–Crippen MR) is 46.2 cm³/mol. The van der Waals surface area contributed by atoms with Crippen molar-refractivity contribution in [2.45, 2.75) is 26.2 Å². The third kappa shape index (κ3) is 2.76. The standard InChI is InChI=1S/C10H14F2/c1-8-5-3-2-4-6-9(8)7-10(11)12/h2-4,6,8-10H,5,7H2,1H3. The summed E-state index contributed by atoms with van der Waals surface area (Å²) in [5, 5.41) is 0. The van der Waals surface area contributed by atoms with Gasteiger partial charge in [0, 0.05) is 6.42 Å². The quantitative estimate of drug-likeness (QED) is 0.598. The summed E-state index contributed by atoms with van der Waals surface area (Å²) in [6.07, 6.45) is 6.45. The Morgan fingerprint density at radius 1 is 1.42 bits per heavy atom. The van der Waals surface area contributed by atoms with Crippen LogP contribution in [0.15, 0.2) is 24.3 Å². The molecule has 0 aromatic carbocycles. The Morgan fingerprint density at radius 3 is 2.83 bits per heavy atom. The summed E-state index contributed by atoms with van der Waals surface area (Å²) in [6.45, 7) is 2.02. The summed E-state index contributed by atoms with van der Waals surface area (Å²) in [4.78, 5) is 0. The van der Waals surface area contributed by atoms with Crippen LogP contribution in [0.1, 0.15) is 19.8 Å². The van der Waals surface area contributed by atoms with Gasteiger partial charge in [-0.15, -0.1) is 0 Å². The third-order valence-electron chi connectivity index (χ3n) is 2.29. The lowest BCUT2D eigenvalue weighted by Gasteiger charge is -2.17. The maximum absolute atomic E-state index is 12.1. The van der Waals surface area contributed by atoms with E-state index in [0.717, 1.165) is 6.42 Å². The highest BCUT2D eigenvalue weighted by molar-refractivity contribution is 5.09. The molecular weight excluding hydrogens is 158 g/mol. The third-order valence-corrected chi connectivity index (χ3v) is 2.29. The Kier molecular flexibility index (Phi) is 3.45. The Balaban J connectivity index is 2.51. The molecule has 0 nitrogen and oxygen atoms in total. The molecule has 1 rings (SSSR count). The molecule has 12 heavy (non-hydrogen) atoms. The van der Waals surface area contributed by atoms with E-state index in [2.05, 4.69) is 0 Å². The van der Waals surface area contributed by atoms with E-state index in [1.54, 1.807) is 0 Å². The summed E-state index contributed by atoms with van der Waals surface area (Å²) in [7, 11) is 0. The second-order valence-corrected chi connectivity index (χ2v) is 3.32. The van der Waals surface area contributed by atoms with Crippen molar-refractivity contribution in [2.24, 2.45) is 11.8 Å². The number of halogens is 2. The van der Waals surface area contributed by atoms with Crippen LogP contribution in [0.25, 0.3) is 0 Å². The van der Waals surface area contributed by atoms with Crippen molar-refractivity contribution in [1.82, 2.24) is 0 Å². The molecule has 0 spiro atoms. The molecule has 0 N–H and O–H groups in total. The van der Waals surface area contributed by atoms with Crippen LogP contribution in [0, 0.1) is 11.8 Å². The summed E-state index contributed by atoms with van der Waals surface area (Å²) >= 11 is 0. The molecule has 1 aliphatic carbocycles. The van der Waals surface area contributed by atoms with Gasteiger partial charge in [-0.05, 0) is 18.3 Å². The number of rotatable bonds is 2. The zero-order valence-electron chi connectivity index (χ0n) is 7.21. The highest BCUT2D eigenvalue weighted by atomic mass is 19.3. The fraction of sp³-hybridized carbons (Fsp3) is 0.600. The topological polar surface area (TPSA) is 0 Å². The summed E-state index contributed by atoms with van der Waals surface area (Å²) in [5.74, 6) is 0.383. The second-order valence-electron chi connectivity index (χ2n) is 3.32. The van der Waals surface area contributed by atoms with Crippen molar-refractivity contribution in [3.05, 3.63) is 24.3 Å². The van der Waals surface area contributed by atoms with Crippen LogP contribution in [-0.2, 0) is 0 Å². The van der Waals surface area contributed by atoms with Crippen molar-refractivity contribution >= 4 is 0 Å². The molecule has 0 radical (unpaired) electrons. The maximum atomic E-state index is 12.1. The molecule has 68 valence electrons. The number of hydrogen-bond donors (Lipinski definition) is 0. The number of allylic oxidation sites excluding steroid dienone is 4. The molecule has 0 heterocycles. The van der Waals surface area contributed by atoms with Gasteiger partial charge in [-0.1, -0.05) is 31.2 Å². The summed E-state index contributed by atoms with van der Waals surface area (Å²) < 4.78 is 24.1. The monoisotopic (exact) mass is 172 g/mol. The van der Waals surface area contributed by atoms with Gasteiger partial charge in [0.1, 0.15) is 0 Å². The number of alkyl halides is 2. The first-order valence-corrected chi connectivity index (χ1v) is 4.31. The van der Waals surface area contributed by atoms with E-state index in [4.69, 9.17) is 0 Å². The van der Waals surface area contributed by atoms with Gasteiger partial charge < -0.3 is 0 Å². The van der Waals surface area contributed by atoms with Gasteiger partial charge in [-0.25, -0.2) is 8.78 Å². The van der Waals surface area contributed by atoms with E-state index in [1.807, 2.05) is 31.2 Å². The minimum Gasteiger partial charge on any atom is -0.211 e. The van der Waals surface area contributed by atoms with Gasteiger partial charge in [0.2, 0.25) is 6.43 Å². The van der Waals surface area contributed by atoms with Crippen LogP contribution in [0.4, 0.5) is 8.78 Å². The van der Waals surface area contributed by atoms with Gasteiger partial charge in [0.15, 0.2) is 0 Å². The lowest BCUT2D eigenvalue weighted by Crippen LogP contribution is -2.11. The molecule has 0 amide bonds. The molecule has 2 unspecified atom stereocenters. The molecule has 0 fully saturated rings. The minimum absolute atomic E-state index is 0.000648. The highest BCUT2D eigenvalue weighted by Gasteiger charge is 2.18. The van der Waals surface area contributed by atoms with Crippen molar-refractivity contribution in [2.75, 3.05) is 0 Å². The Morgan fingerprint density at radius 2 is 2.17 bits per heavy atom. The second kappa shape index (κ2) is 4.39. The lowest BCUT2D eigenvalue weighted by atomic mass is 9.89. The van der Waals surface area contributed by atoms with Crippen LogP contribution < -0.4 is 0 Å². The van der Waals surface area contributed by atoms with Crippen molar-refractivity contribution in [3.63, 3.8) is 0 Å². The zero-order chi connectivity index (χ0) is 8.97. The molecular formula is C10H14F2. The molecule has 2 heteroatoms. The number of hydrogen-bond acceptors (Lipinski definition) is 0. The normalized spacial score (nSPS) is 29.3. The van der Waals surface area contributed by atoms with E-state index >= 15 is 0 Å². The fourth-order valence-electron chi connectivity index (χ4n) is 1.46. The Labute approximate surface area is 72.0 Å². The van der Waals surface area contributed by atoms with Crippen LogP contribution in [0.5, 0.6) is 0 Å². The highest BCUT2D eigenvalue weighted by Crippen LogP contribution is 2.25. The molecule has 0 bridgehead atoms. The van der Waals surface area contributed by atoms with Gasteiger partial charge in [0.05, 0.1) is 0 Å². The molecule has 0 aromatic rings. The molecule has 0 aliphatic heterocycles. The smallest absolute Gasteiger partial charge is 0.211 e. The average Bonchev–Trinajstić information content (AvgIpc) is 2.16. The Bertz CT molecular complexity index is 182. The SMILES string of the molecule is CC1CC=CC=CC1CC(F)F. The molecule has 0 saturated carbocycles. The lowest BCUT2D eigenvalue weighted by molar-refractivity contribution is 0.112. The van der Waals surface area contributed by atoms with E-state index in [1.165, 1.54) is 0 Å². The van der Waals surface area contributed by atoms with E-state index in [0.29, 0.717) is 5.92 Å². The van der Waals surface area contributed by atoms with Crippen molar-refractivity contribution in [3.8, 4) is 0 Å². The van der Waals surface area contributed by atoms with Crippen LogP contribution >= 0.6 is 0 Å².